The average Bonchev–Trinajstić information content (AvgIpc) is 3.22. The summed E-state index contributed by atoms with van der Waals surface area (Å²) in [6.45, 7) is 5.98. The van der Waals surface area contributed by atoms with Crippen LogP contribution >= 0.6 is 15.9 Å². The summed E-state index contributed by atoms with van der Waals surface area (Å²) in [4.78, 5) is 0.159. The molecule has 1 aromatic carbocycles. The minimum Gasteiger partial charge on any atom is -0.384 e. The van der Waals surface area contributed by atoms with Crippen LogP contribution < -0.4 is 10.6 Å². The topological polar surface area (TPSA) is 86.2 Å². The molecule has 25 heavy (non-hydrogen) atoms. The number of fused-ring (bicyclic) bond motifs is 1. The predicted molar refractivity (Wildman–Crippen MR) is 104 cm³/mol. The van der Waals surface area contributed by atoms with E-state index in [0.717, 1.165) is 30.6 Å². The number of nitrogens with zero attached hydrogens (tertiary/aromatic N) is 3. The number of guanidine groups is 1. The summed E-state index contributed by atoms with van der Waals surface area (Å²) in [5.41, 5.74) is 1.96. The highest BCUT2D eigenvalue weighted by molar-refractivity contribution is 9.10. The number of halogens is 1. The lowest BCUT2D eigenvalue weighted by molar-refractivity contribution is 0.426. The van der Waals surface area contributed by atoms with E-state index in [-0.39, 0.29) is 10.9 Å². The maximum absolute atomic E-state index is 12.9. The summed E-state index contributed by atoms with van der Waals surface area (Å²) in [6.07, 6.45) is 3.68. The molecule has 0 amide bonds. The summed E-state index contributed by atoms with van der Waals surface area (Å²) in [7, 11) is -3.87. The highest BCUT2D eigenvalue weighted by atomic mass is 79.9. The summed E-state index contributed by atoms with van der Waals surface area (Å²) < 4.78 is 30.3. The monoisotopic (exact) mass is 427 g/mol. The average molecular weight is 428 g/mol. The van der Waals surface area contributed by atoms with Crippen LogP contribution in [0.3, 0.4) is 0 Å². The summed E-state index contributed by atoms with van der Waals surface area (Å²) in [5, 5.41) is 12.1. The van der Waals surface area contributed by atoms with E-state index in [1.54, 1.807) is 11.1 Å². The fourth-order valence-electron chi connectivity index (χ4n) is 2.85. The van der Waals surface area contributed by atoms with Gasteiger partial charge in [0.25, 0.3) is 10.0 Å². The second kappa shape index (κ2) is 7.33. The van der Waals surface area contributed by atoms with Crippen molar-refractivity contribution < 1.29 is 8.42 Å². The van der Waals surface area contributed by atoms with Gasteiger partial charge in [0.05, 0.1) is 6.54 Å². The number of hydrogen-bond acceptors (Lipinski definition) is 4. The standard InChI is InChI=1S/C16H22BrN5O2S/c1-3-11-9-20-22(10-11)16(18-4-2)21-25(23,24)15-8-14-12(5-6-19-14)7-13(15)17/h7-9,11,19H,3-6,10H2,1-2H3,(H,18,21). The third kappa shape index (κ3) is 3.82. The van der Waals surface area contributed by atoms with Crippen molar-refractivity contribution in [1.82, 2.24) is 10.3 Å². The molecule has 0 saturated heterocycles. The lowest BCUT2D eigenvalue weighted by Crippen LogP contribution is -2.38. The van der Waals surface area contributed by atoms with Crippen LogP contribution in [0.15, 0.2) is 31.0 Å². The largest absolute Gasteiger partial charge is 0.384 e. The van der Waals surface area contributed by atoms with Crippen molar-refractivity contribution in [3.05, 3.63) is 22.2 Å². The quantitative estimate of drug-likeness (QED) is 0.568. The van der Waals surface area contributed by atoms with E-state index in [1.165, 1.54) is 0 Å². The number of rotatable bonds is 4. The number of hydrazone groups is 1. The van der Waals surface area contributed by atoms with E-state index < -0.39 is 10.0 Å². The van der Waals surface area contributed by atoms with Gasteiger partial charge in [0.1, 0.15) is 4.90 Å². The van der Waals surface area contributed by atoms with Crippen molar-refractivity contribution in [2.24, 2.45) is 15.4 Å². The van der Waals surface area contributed by atoms with Gasteiger partial charge in [-0.3, -0.25) is 0 Å². The fourth-order valence-corrected chi connectivity index (χ4v) is 4.92. The molecule has 0 saturated carbocycles. The molecule has 0 fully saturated rings. The Bertz CT molecular complexity index is 822. The third-order valence-corrected chi connectivity index (χ3v) is 6.51. The van der Waals surface area contributed by atoms with E-state index in [9.17, 15) is 8.42 Å². The SMILES string of the molecule is CCN/C(=N/S(=O)(=O)c1cc2c(cc1Br)CCN2)N1CC(CC)C=N1. The summed E-state index contributed by atoms with van der Waals surface area (Å²) in [6, 6.07) is 3.50. The van der Waals surface area contributed by atoms with Crippen LogP contribution in [0.25, 0.3) is 0 Å². The minimum absolute atomic E-state index is 0.159. The van der Waals surface area contributed by atoms with Gasteiger partial charge < -0.3 is 10.6 Å². The molecule has 9 heteroatoms. The smallest absolute Gasteiger partial charge is 0.286 e. The third-order valence-electron chi connectivity index (χ3n) is 4.28. The number of benzene rings is 1. The molecule has 0 spiro atoms. The first-order valence-electron chi connectivity index (χ1n) is 8.41. The molecule has 2 aliphatic heterocycles. The fraction of sp³-hybridized carbons (Fsp3) is 0.500. The Balaban J connectivity index is 1.95. The van der Waals surface area contributed by atoms with Crippen LogP contribution in [0.4, 0.5) is 5.69 Å². The molecule has 0 aliphatic carbocycles. The predicted octanol–water partition coefficient (Wildman–Crippen LogP) is 2.40. The van der Waals surface area contributed by atoms with Gasteiger partial charge in [-0.2, -0.15) is 13.5 Å². The normalized spacial score (nSPS) is 19.9. The lowest BCUT2D eigenvalue weighted by atomic mass is 10.1. The number of hydrogen-bond donors (Lipinski definition) is 2. The van der Waals surface area contributed by atoms with Crippen LogP contribution in [0.1, 0.15) is 25.8 Å². The highest BCUT2D eigenvalue weighted by Crippen LogP contribution is 2.33. The Kier molecular flexibility index (Phi) is 5.33. The van der Waals surface area contributed by atoms with Gasteiger partial charge in [-0.05, 0) is 53.4 Å². The van der Waals surface area contributed by atoms with Crippen molar-refractivity contribution in [3.8, 4) is 0 Å². The zero-order valence-electron chi connectivity index (χ0n) is 14.3. The summed E-state index contributed by atoms with van der Waals surface area (Å²) >= 11 is 3.38. The molecular weight excluding hydrogens is 406 g/mol. The molecule has 0 bridgehead atoms. The van der Waals surface area contributed by atoms with E-state index >= 15 is 0 Å². The maximum atomic E-state index is 12.9. The molecular formula is C16H22BrN5O2S. The second-order valence-corrected chi connectivity index (χ2v) is 8.48. The molecule has 1 aromatic rings. The first-order chi connectivity index (χ1) is 11.9. The van der Waals surface area contributed by atoms with Crippen molar-refractivity contribution >= 4 is 43.8 Å². The Labute approximate surface area is 156 Å². The maximum Gasteiger partial charge on any atom is 0.286 e. The van der Waals surface area contributed by atoms with E-state index in [1.807, 2.05) is 19.2 Å². The first-order valence-corrected chi connectivity index (χ1v) is 10.6. The van der Waals surface area contributed by atoms with Gasteiger partial charge >= 0.3 is 0 Å². The zero-order valence-corrected chi connectivity index (χ0v) is 16.7. The van der Waals surface area contributed by atoms with Gasteiger partial charge in [-0.15, -0.1) is 4.40 Å². The minimum atomic E-state index is -3.87. The Morgan fingerprint density at radius 3 is 2.96 bits per heavy atom. The van der Waals surface area contributed by atoms with Crippen molar-refractivity contribution in [2.45, 2.75) is 31.6 Å². The molecule has 7 nitrogen and oxygen atoms in total. The molecule has 0 radical (unpaired) electrons. The van der Waals surface area contributed by atoms with Crippen LogP contribution in [-0.4, -0.2) is 45.2 Å². The molecule has 1 unspecified atom stereocenters. The van der Waals surface area contributed by atoms with Gasteiger partial charge in [-0.1, -0.05) is 6.92 Å². The Hall–Kier alpha value is -1.61. The van der Waals surface area contributed by atoms with Crippen LogP contribution in [0, 0.1) is 5.92 Å². The summed E-state index contributed by atoms with van der Waals surface area (Å²) in [5.74, 6) is 0.567. The van der Waals surface area contributed by atoms with E-state index in [2.05, 4.69) is 43.0 Å². The van der Waals surface area contributed by atoms with Gasteiger partial charge in [0, 0.05) is 35.4 Å². The van der Waals surface area contributed by atoms with Crippen molar-refractivity contribution in [3.63, 3.8) is 0 Å². The first kappa shape index (κ1) is 18.2. The molecule has 3 rings (SSSR count). The molecule has 1 atom stereocenters. The molecule has 2 aliphatic rings. The van der Waals surface area contributed by atoms with Crippen molar-refractivity contribution in [2.75, 3.05) is 25.0 Å². The number of nitrogens with one attached hydrogen (secondary N) is 2. The number of sulfonamides is 1. The van der Waals surface area contributed by atoms with Crippen molar-refractivity contribution in [1.29, 1.82) is 0 Å². The zero-order chi connectivity index (χ0) is 18.0. The number of anilines is 1. The van der Waals surface area contributed by atoms with Gasteiger partial charge in [-0.25, -0.2) is 5.01 Å². The molecule has 136 valence electrons. The van der Waals surface area contributed by atoms with E-state index in [0.29, 0.717) is 23.5 Å². The Morgan fingerprint density at radius 2 is 2.28 bits per heavy atom. The van der Waals surface area contributed by atoms with Crippen LogP contribution in [-0.2, 0) is 16.4 Å². The second-order valence-electron chi connectivity index (χ2n) is 6.05. The molecule has 0 aromatic heterocycles. The van der Waals surface area contributed by atoms with Gasteiger partial charge in [0.15, 0.2) is 0 Å². The van der Waals surface area contributed by atoms with Gasteiger partial charge in [0.2, 0.25) is 5.96 Å². The Morgan fingerprint density at radius 1 is 1.48 bits per heavy atom. The van der Waals surface area contributed by atoms with Crippen LogP contribution in [0.2, 0.25) is 0 Å². The molecule has 2 N–H and O–H groups in total. The van der Waals surface area contributed by atoms with Crippen LogP contribution in [0.5, 0.6) is 0 Å². The van der Waals surface area contributed by atoms with E-state index in [4.69, 9.17) is 0 Å². The lowest BCUT2D eigenvalue weighted by Gasteiger charge is -2.18. The highest BCUT2D eigenvalue weighted by Gasteiger charge is 2.26. The molecule has 2 heterocycles.